The second-order valence-corrected chi connectivity index (χ2v) is 6.05. The van der Waals surface area contributed by atoms with Crippen molar-refractivity contribution in [2.24, 2.45) is 0 Å². The van der Waals surface area contributed by atoms with Crippen LogP contribution >= 0.6 is 0 Å². The van der Waals surface area contributed by atoms with Crippen LogP contribution in [-0.4, -0.2) is 25.2 Å². The molecule has 0 bridgehead atoms. The summed E-state index contributed by atoms with van der Waals surface area (Å²) in [6.07, 6.45) is -0.673. The van der Waals surface area contributed by atoms with Crippen molar-refractivity contribution >= 4 is 5.91 Å². The first-order valence-electron chi connectivity index (χ1n) is 8.39. The molecule has 0 spiro atoms. The highest BCUT2D eigenvalue weighted by atomic mass is 19.1. The second kappa shape index (κ2) is 9.06. The molecule has 1 N–H and O–H groups in total. The van der Waals surface area contributed by atoms with Gasteiger partial charge in [0.25, 0.3) is 5.91 Å². The molecule has 4 nitrogen and oxygen atoms in total. The topological polar surface area (TPSA) is 47.6 Å². The Bertz CT molecular complexity index is 686. The number of benzene rings is 2. The number of carbonyl (C=O) groups is 1. The number of para-hydroxylation sites is 1. The summed E-state index contributed by atoms with van der Waals surface area (Å²) in [6, 6.07) is 13.4. The second-order valence-electron chi connectivity index (χ2n) is 6.05. The predicted octanol–water partition coefficient (Wildman–Crippen LogP) is 3.91. The number of ether oxygens (including phenoxy) is 2. The lowest BCUT2D eigenvalue weighted by Gasteiger charge is -2.16. The van der Waals surface area contributed by atoms with E-state index >= 15 is 0 Å². The molecule has 2 aromatic carbocycles. The Morgan fingerprint density at radius 2 is 1.76 bits per heavy atom. The maximum absolute atomic E-state index is 12.9. The normalized spacial score (nSPS) is 11.9. The highest BCUT2D eigenvalue weighted by Gasteiger charge is 2.14. The maximum Gasteiger partial charge on any atom is 0.260 e. The Morgan fingerprint density at radius 3 is 2.44 bits per heavy atom. The first kappa shape index (κ1) is 18.8. The molecule has 0 radical (unpaired) electrons. The van der Waals surface area contributed by atoms with E-state index in [1.54, 1.807) is 6.92 Å². The van der Waals surface area contributed by atoms with Crippen LogP contribution in [0.15, 0.2) is 48.5 Å². The predicted molar refractivity (Wildman–Crippen MR) is 95.5 cm³/mol. The van der Waals surface area contributed by atoms with Crippen molar-refractivity contribution in [3.8, 4) is 11.5 Å². The standard InChI is InChI=1S/C20H24FNO3/c1-14(2)18-6-4-5-7-19(18)24-13-12-22-20(23)15(3)25-17-10-8-16(21)9-11-17/h4-11,14-15H,12-13H2,1-3H3,(H,22,23)/t15-/m0/s1. The van der Waals surface area contributed by atoms with E-state index in [0.717, 1.165) is 11.3 Å². The van der Waals surface area contributed by atoms with Crippen LogP contribution in [0.25, 0.3) is 0 Å². The van der Waals surface area contributed by atoms with Crippen LogP contribution in [0.3, 0.4) is 0 Å². The number of rotatable bonds is 8. The lowest BCUT2D eigenvalue weighted by Crippen LogP contribution is -2.38. The maximum atomic E-state index is 12.9. The zero-order chi connectivity index (χ0) is 18.2. The highest BCUT2D eigenvalue weighted by Crippen LogP contribution is 2.25. The first-order valence-corrected chi connectivity index (χ1v) is 8.39. The number of hydrogen-bond acceptors (Lipinski definition) is 3. The minimum Gasteiger partial charge on any atom is -0.491 e. The van der Waals surface area contributed by atoms with Gasteiger partial charge in [0.2, 0.25) is 0 Å². The molecule has 1 atom stereocenters. The molecular weight excluding hydrogens is 321 g/mol. The van der Waals surface area contributed by atoms with E-state index in [1.165, 1.54) is 24.3 Å². The van der Waals surface area contributed by atoms with Crippen LogP contribution in [0.1, 0.15) is 32.3 Å². The van der Waals surface area contributed by atoms with E-state index in [-0.39, 0.29) is 11.7 Å². The monoisotopic (exact) mass is 345 g/mol. The molecule has 0 heterocycles. The molecule has 0 saturated heterocycles. The molecule has 0 aromatic heterocycles. The van der Waals surface area contributed by atoms with Crippen LogP contribution in [0, 0.1) is 5.82 Å². The summed E-state index contributed by atoms with van der Waals surface area (Å²) >= 11 is 0. The van der Waals surface area contributed by atoms with Crippen LogP contribution in [-0.2, 0) is 4.79 Å². The van der Waals surface area contributed by atoms with Crippen LogP contribution in [0.4, 0.5) is 4.39 Å². The zero-order valence-corrected chi connectivity index (χ0v) is 14.8. The van der Waals surface area contributed by atoms with Gasteiger partial charge in [0.15, 0.2) is 6.10 Å². The molecule has 0 aliphatic carbocycles. The molecule has 1 amide bonds. The molecule has 2 rings (SSSR count). The SMILES string of the molecule is CC(C)c1ccccc1OCCNC(=O)[C@H](C)Oc1ccc(F)cc1. The van der Waals surface area contributed by atoms with E-state index in [1.807, 2.05) is 24.3 Å². The summed E-state index contributed by atoms with van der Waals surface area (Å²) in [6.45, 7) is 6.62. The minimum absolute atomic E-state index is 0.245. The Kier molecular flexibility index (Phi) is 6.81. The molecule has 2 aromatic rings. The minimum atomic E-state index is -0.673. The van der Waals surface area contributed by atoms with Gasteiger partial charge in [-0.1, -0.05) is 32.0 Å². The van der Waals surface area contributed by atoms with Crippen molar-refractivity contribution in [2.45, 2.75) is 32.8 Å². The molecule has 0 saturated carbocycles. The molecule has 0 fully saturated rings. The fourth-order valence-corrected chi connectivity index (χ4v) is 2.34. The number of nitrogens with one attached hydrogen (secondary N) is 1. The van der Waals surface area contributed by atoms with Gasteiger partial charge in [0.05, 0.1) is 6.54 Å². The van der Waals surface area contributed by atoms with Gasteiger partial charge in [-0.15, -0.1) is 0 Å². The van der Waals surface area contributed by atoms with Crippen LogP contribution in [0.2, 0.25) is 0 Å². The van der Waals surface area contributed by atoms with E-state index in [0.29, 0.717) is 24.8 Å². The summed E-state index contributed by atoms with van der Waals surface area (Å²) in [5.74, 6) is 1.07. The third-order valence-corrected chi connectivity index (χ3v) is 3.70. The van der Waals surface area contributed by atoms with Gasteiger partial charge in [0, 0.05) is 0 Å². The average molecular weight is 345 g/mol. The lowest BCUT2D eigenvalue weighted by molar-refractivity contribution is -0.127. The summed E-state index contributed by atoms with van der Waals surface area (Å²) < 4.78 is 24.1. The smallest absolute Gasteiger partial charge is 0.260 e. The van der Waals surface area contributed by atoms with Gasteiger partial charge < -0.3 is 14.8 Å². The molecular formula is C20H24FNO3. The van der Waals surface area contributed by atoms with Gasteiger partial charge in [-0.25, -0.2) is 4.39 Å². The van der Waals surface area contributed by atoms with Gasteiger partial charge in [0.1, 0.15) is 23.9 Å². The van der Waals surface area contributed by atoms with Crippen molar-refractivity contribution < 1.29 is 18.7 Å². The first-order chi connectivity index (χ1) is 12.0. The number of hydrogen-bond donors (Lipinski definition) is 1. The molecule has 25 heavy (non-hydrogen) atoms. The quantitative estimate of drug-likeness (QED) is 0.738. The Balaban J connectivity index is 1.76. The summed E-state index contributed by atoms with van der Waals surface area (Å²) in [5, 5.41) is 2.77. The third-order valence-electron chi connectivity index (χ3n) is 3.70. The summed E-state index contributed by atoms with van der Waals surface area (Å²) in [5.41, 5.74) is 1.14. The van der Waals surface area contributed by atoms with Crippen molar-refractivity contribution in [1.29, 1.82) is 0 Å². The van der Waals surface area contributed by atoms with Crippen molar-refractivity contribution in [2.75, 3.05) is 13.2 Å². The van der Waals surface area contributed by atoms with Crippen molar-refractivity contribution in [3.05, 3.63) is 59.9 Å². The number of halogens is 1. The van der Waals surface area contributed by atoms with Crippen molar-refractivity contribution in [3.63, 3.8) is 0 Å². The molecule has 5 heteroatoms. The molecule has 0 aliphatic rings. The number of carbonyl (C=O) groups excluding carboxylic acids is 1. The largest absolute Gasteiger partial charge is 0.491 e. The average Bonchev–Trinajstić information content (AvgIpc) is 2.60. The van der Waals surface area contributed by atoms with Gasteiger partial charge in [-0.05, 0) is 48.7 Å². The van der Waals surface area contributed by atoms with Gasteiger partial charge in [-0.2, -0.15) is 0 Å². The molecule has 0 aliphatic heterocycles. The van der Waals surface area contributed by atoms with E-state index in [2.05, 4.69) is 19.2 Å². The fraction of sp³-hybridized carbons (Fsp3) is 0.350. The van der Waals surface area contributed by atoms with Crippen molar-refractivity contribution in [1.82, 2.24) is 5.32 Å². The van der Waals surface area contributed by atoms with Gasteiger partial charge in [-0.3, -0.25) is 4.79 Å². The Labute approximate surface area is 148 Å². The summed E-state index contributed by atoms with van der Waals surface area (Å²) in [4.78, 5) is 12.0. The van der Waals surface area contributed by atoms with Gasteiger partial charge >= 0.3 is 0 Å². The Morgan fingerprint density at radius 1 is 1.08 bits per heavy atom. The van der Waals surface area contributed by atoms with E-state index < -0.39 is 6.10 Å². The molecule has 134 valence electrons. The highest BCUT2D eigenvalue weighted by molar-refractivity contribution is 5.80. The summed E-state index contributed by atoms with van der Waals surface area (Å²) in [7, 11) is 0. The third kappa shape index (κ3) is 5.78. The van der Waals surface area contributed by atoms with E-state index in [4.69, 9.17) is 9.47 Å². The lowest BCUT2D eigenvalue weighted by atomic mass is 10.0. The fourth-order valence-electron chi connectivity index (χ4n) is 2.34. The van der Waals surface area contributed by atoms with E-state index in [9.17, 15) is 9.18 Å². The Hall–Kier alpha value is -2.56. The molecule has 0 unspecified atom stereocenters. The van der Waals surface area contributed by atoms with Crippen LogP contribution in [0.5, 0.6) is 11.5 Å². The number of amides is 1. The zero-order valence-electron chi connectivity index (χ0n) is 14.8. The van der Waals surface area contributed by atoms with Crippen LogP contribution < -0.4 is 14.8 Å².